The summed E-state index contributed by atoms with van der Waals surface area (Å²) < 4.78 is 12.6. The summed E-state index contributed by atoms with van der Waals surface area (Å²) in [5, 5.41) is 15.2. The van der Waals surface area contributed by atoms with Gasteiger partial charge in [-0.05, 0) is 62.8 Å². The number of nitrogens with zero attached hydrogens (tertiary/aromatic N) is 3. The van der Waals surface area contributed by atoms with E-state index in [2.05, 4.69) is 33.0 Å². The number of aryl methyl sites for hydroxylation is 2. The predicted molar refractivity (Wildman–Crippen MR) is 171 cm³/mol. The van der Waals surface area contributed by atoms with Crippen molar-refractivity contribution in [2.45, 2.75) is 63.0 Å². The van der Waals surface area contributed by atoms with E-state index in [9.17, 15) is 14.4 Å². The third-order valence-corrected chi connectivity index (χ3v) is 9.60. The molecule has 4 aromatic rings. The number of para-hydroxylation sites is 1. The number of thiophene rings is 1. The number of rotatable bonds is 13. The normalized spacial score (nSPS) is 12.8. The standard InChI is InChI=1S/C32H35N5O5S2/c1-4-42-31(40)27-23-14-10-16-25(23)44-30(27)34-28(38)20(2)43-32-36-35-26(37(32)18-17-21-11-6-5-7-12-21)19-33-29(39)22-13-8-9-15-24(22)41-3/h5-9,11-13,15,20H,4,10,14,16-19H2,1-3H3,(H,33,39)(H,34,38)/t20-/m0/s1. The summed E-state index contributed by atoms with van der Waals surface area (Å²) in [5.41, 5.74) is 3.04. The number of hydrogen-bond acceptors (Lipinski definition) is 9. The number of esters is 1. The van der Waals surface area contributed by atoms with E-state index in [0.29, 0.717) is 45.8 Å². The van der Waals surface area contributed by atoms with E-state index in [1.165, 1.54) is 30.2 Å². The van der Waals surface area contributed by atoms with Crippen molar-refractivity contribution in [2.24, 2.45) is 0 Å². The number of benzene rings is 2. The second-order valence-electron chi connectivity index (χ2n) is 10.2. The molecule has 2 N–H and O–H groups in total. The van der Waals surface area contributed by atoms with Gasteiger partial charge >= 0.3 is 5.97 Å². The van der Waals surface area contributed by atoms with Crippen molar-refractivity contribution in [3.63, 3.8) is 0 Å². The van der Waals surface area contributed by atoms with E-state index in [-0.39, 0.29) is 25.0 Å². The summed E-state index contributed by atoms with van der Waals surface area (Å²) in [6, 6.07) is 17.1. The molecule has 230 valence electrons. The van der Waals surface area contributed by atoms with Crippen molar-refractivity contribution in [3.05, 3.63) is 87.6 Å². The molecule has 2 amide bonds. The number of anilines is 1. The molecule has 44 heavy (non-hydrogen) atoms. The van der Waals surface area contributed by atoms with Crippen molar-refractivity contribution in [3.8, 4) is 5.75 Å². The van der Waals surface area contributed by atoms with E-state index in [4.69, 9.17) is 9.47 Å². The number of ether oxygens (including phenoxy) is 2. The first kappa shape index (κ1) is 31.3. The summed E-state index contributed by atoms with van der Waals surface area (Å²) in [7, 11) is 1.52. The minimum Gasteiger partial charge on any atom is -0.496 e. The Kier molecular flexibility index (Phi) is 10.3. The van der Waals surface area contributed by atoms with Gasteiger partial charge in [-0.1, -0.05) is 54.2 Å². The smallest absolute Gasteiger partial charge is 0.341 e. The fraction of sp³-hybridized carbons (Fsp3) is 0.344. The zero-order chi connectivity index (χ0) is 31.1. The first-order chi connectivity index (χ1) is 21.4. The molecule has 0 aliphatic heterocycles. The lowest BCUT2D eigenvalue weighted by Crippen LogP contribution is -2.26. The lowest BCUT2D eigenvalue weighted by atomic mass is 10.1. The van der Waals surface area contributed by atoms with E-state index in [1.54, 1.807) is 38.1 Å². The number of amides is 2. The highest BCUT2D eigenvalue weighted by Gasteiger charge is 2.30. The fourth-order valence-corrected chi connectivity index (χ4v) is 7.24. The van der Waals surface area contributed by atoms with Crippen LogP contribution in [0.2, 0.25) is 0 Å². The molecule has 2 aromatic carbocycles. The summed E-state index contributed by atoms with van der Waals surface area (Å²) in [6.45, 7) is 4.53. The van der Waals surface area contributed by atoms with E-state index in [0.717, 1.165) is 35.3 Å². The minimum absolute atomic E-state index is 0.142. The molecule has 0 fully saturated rings. The van der Waals surface area contributed by atoms with Crippen LogP contribution in [0.1, 0.15) is 62.8 Å². The Bertz CT molecular complexity index is 1640. The van der Waals surface area contributed by atoms with Gasteiger partial charge in [-0.25, -0.2) is 4.79 Å². The Morgan fingerprint density at radius 1 is 1.07 bits per heavy atom. The molecule has 0 spiro atoms. The van der Waals surface area contributed by atoms with Crippen LogP contribution in [0, 0.1) is 0 Å². The number of thioether (sulfide) groups is 1. The minimum atomic E-state index is -0.544. The van der Waals surface area contributed by atoms with Crippen LogP contribution in [-0.4, -0.2) is 51.5 Å². The van der Waals surface area contributed by atoms with E-state index >= 15 is 0 Å². The maximum atomic E-state index is 13.4. The van der Waals surface area contributed by atoms with Gasteiger partial charge in [0, 0.05) is 11.4 Å². The molecule has 2 aromatic heterocycles. The van der Waals surface area contributed by atoms with Crippen LogP contribution in [0.3, 0.4) is 0 Å². The third-order valence-electron chi connectivity index (χ3n) is 7.31. The molecule has 0 unspecified atom stereocenters. The van der Waals surface area contributed by atoms with Gasteiger partial charge in [0.25, 0.3) is 5.91 Å². The third kappa shape index (κ3) is 7.13. The Morgan fingerprint density at radius 2 is 1.84 bits per heavy atom. The van der Waals surface area contributed by atoms with Crippen LogP contribution in [-0.2, 0) is 41.9 Å². The molecular formula is C32H35N5O5S2. The number of fused-ring (bicyclic) bond motifs is 1. The molecular weight excluding hydrogens is 599 g/mol. The highest BCUT2D eigenvalue weighted by Crippen LogP contribution is 2.40. The largest absolute Gasteiger partial charge is 0.496 e. The first-order valence-corrected chi connectivity index (χ1v) is 16.3. The van der Waals surface area contributed by atoms with Crippen molar-refractivity contribution < 1.29 is 23.9 Å². The van der Waals surface area contributed by atoms with E-state index in [1.807, 2.05) is 22.8 Å². The predicted octanol–water partition coefficient (Wildman–Crippen LogP) is 5.31. The van der Waals surface area contributed by atoms with Gasteiger partial charge < -0.3 is 24.7 Å². The second kappa shape index (κ2) is 14.5. The summed E-state index contributed by atoms with van der Waals surface area (Å²) in [5.74, 6) is 0.113. The monoisotopic (exact) mass is 633 g/mol. The van der Waals surface area contributed by atoms with Gasteiger partial charge in [0.2, 0.25) is 5.91 Å². The van der Waals surface area contributed by atoms with Crippen molar-refractivity contribution in [1.29, 1.82) is 0 Å². The number of aromatic nitrogens is 3. The summed E-state index contributed by atoms with van der Waals surface area (Å²) >= 11 is 2.73. The molecule has 0 saturated carbocycles. The molecule has 1 atom stereocenters. The lowest BCUT2D eigenvalue weighted by Gasteiger charge is -2.15. The average Bonchev–Trinajstić information content (AvgIpc) is 3.74. The molecule has 5 rings (SSSR count). The van der Waals surface area contributed by atoms with E-state index < -0.39 is 11.2 Å². The topological polar surface area (TPSA) is 124 Å². The van der Waals surface area contributed by atoms with Crippen LogP contribution in [0.5, 0.6) is 5.75 Å². The van der Waals surface area contributed by atoms with Gasteiger partial charge in [-0.2, -0.15) is 0 Å². The zero-order valence-electron chi connectivity index (χ0n) is 24.9. The number of hydrogen-bond donors (Lipinski definition) is 2. The molecule has 12 heteroatoms. The second-order valence-corrected chi connectivity index (χ2v) is 12.6. The molecule has 0 radical (unpaired) electrons. The Balaban J connectivity index is 1.32. The highest BCUT2D eigenvalue weighted by atomic mass is 32.2. The van der Waals surface area contributed by atoms with Crippen LogP contribution >= 0.6 is 23.1 Å². The molecule has 0 saturated heterocycles. The fourth-order valence-electron chi connectivity index (χ4n) is 5.07. The van der Waals surface area contributed by atoms with Crippen molar-refractivity contribution in [2.75, 3.05) is 19.0 Å². The van der Waals surface area contributed by atoms with Gasteiger partial charge in [0.05, 0.1) is 36.6 Å². The van der Waals surface area contributed by atoms with Crippen LogP contribution in [0.4, 0.5) is 5.00 Å². The summed E-state index contributed by atoms with van der Waals surface area (Å²) in [4.78, 5) is 40.3. The lowest BCUT2D eigenvalue weighted by molar-refractivity contribution is -0.115. The Labute approximate surface area is 264 Å². The van der Waals surface area contributed by atoms with Crippen LogP contribution in [0.25, 0.3) is 0 Å². The van der Waals surface area contributed by atoms with Crippen molar-refractivity contribution >= 4 is 45.9 Å². The molecule has 0 bridgehead atoms. The van der Waals surface area contributed by atoms with Crippen LogP contribution < -0.4 is 15.4 Å². The SMILES string of the molecule is CCOC(=O)c1c(NC(=O)[C@H](C)Sc2nnc(CNC(=O)c3ccccc3OC)n2CCc2ccccc2)sc2c1CCC2. The first-order valence-electron chi connectivity index (χ1n) is 14.6. The molecule has 2 heterocycles. The molecule has 1 aliphatic rings. The Morgan fingerprint density at radius 3 is 2.61 bits per heavy atom. The van der Waals surface area contributed by atoms with Gasteiger partial charge in [0.1, 0.15) is 10.8 Å². The number of nitrogens with one attached hydrogen (secondary N) is 2. The zero-order valence-corrected chi connectivity index (χ0v) is 26.6. The maximum absolute atomic E-state index is 13.4. The maximum Gasteiger partial charge on any atom is 0.341 e. The quantitative estimate of drug-likeness (QED) is 0.150. The van der Waals surface area contributed by atoms with Gasteiger partial charge in [0.15, 0.2) is 11.0 Å². The number of carbonyl (C=O) groups is 3. The van der Waals surface area contributed by atoms with Gasteiger partial charge in [-0.3, -0.25) is 9.59 Å². The van der Waals surface area contributed by atoms with Gasteiger partial charge in [-0.15, -0.1) is 21.5 Å². The number of carbonyl (C=O) groups excluding carboxylic acids is 3. The average molecular weight is 634 g/mol. The molecule has 10 nitrogen and oxygen atoms in total. The number of methoxy groups -OCH3 is 1. The highest BCUT2D eigenvalue weighted by molar-refractivity contribution is 8.00. The Hall–Kier alpha value is -4.16. The summed E-state index contributed by atoms with van der Waals surface area (Å²) in [6.07, 6.45) is 3.41. The molecule has 1 aliphatic carbocycles. The van der Waals surface area contributed by atoms with Crippen molar-refractivity contribution in [1.82, 2.24) is 20.1 Å². The van der Waals surface area contributed by atoms with Crippen LogP contribution in [0.15, 0.2) is 59.8 Å².